The van der Waals surface area contributed by atoms with Gasteiger partial charge in [0.05, 0.1) is 4.90 Å². The largest absolute Gasteiger partial charge is 0.352 e. The van der Waals surface area contributed by atoms with Crippen molar-refractivity contribution in [1.29, 1.82) is 0 Å². The molecule has 0 unspecified atom stereocenters. The highest BCUT2D eigenvalue weighted by atomic mass is 32.2. The van der Waals surface area contributed by atoms with Crippen molar-refractivity contribution in [2.45, 2.75) is 76.3 Å². The minimum atomic E-state index is -3.86. The van der Waals surface area contributed by atoms with Gasteiger partial charge >= 0.3 is 0 Å². The van der Waals surface area contributed by atoms with Crippen LogP contribution in [0.1, 0.15) is 58.4 Å². The highest BCUT2D eigenvalue weighted by molar-refractivity contribution is 7.89. The number of hydrogen-bond acceptors (Lipinski definition) is 4. The van der Waals surface area contributed by atoms with Crippen molar-refractivity contribution < 1.29 is 18.0 Å². The summed E-state index contributed by atoms with van der Waals surface area (Å²) in [5, 5.41) is 2.99. The molecule has 1 aliphatic carbocycles. The maximum Gasteiger partial charge on any atom is 0.241 e. The van der Waals surface area contributed by atoms with Gasteiger partial charge in [-0.15, -0.1) is 0 Å². The number of carbonyl (C=O) groups is 2. The second-order valence-corrected chi connectivity index (χ2v) is 9.99. The van der Waals surface area contributed by atoms with Gasteiger partial charge in [-0.05, 0) is 48.9 Å². The summed E-state index contributed by atoms with van der Waals surface area (Å²) in [5.41, 5.74) is 1.61. The monoisotopic (exact) mass is 421 g/mol. The van der Waals surface area contributed by atoms with Gasteiger partial charge in [-0.3, -0.25) is 9.59 Å². The molecule has 29 heavy (non-hydrogen) atoms. The van der Waals surface area contributed by atoms with Gasteiger partial charge < -0.3 is 10.2 Å². The van der Waals surface area contributed by atoms with E-state index in [-0.39, 0.29) is 28.7 Å². The Kier molecular flexibility index (Phi) is 6.63. The molecule has 1 aliphatic heterocycles. The zero-order valence-electron chi connectivity index (χ0n) is 17.4. The molecule has 2 aliphatic rings. The lowest BCUT2D eigenvalue weighted by molar-refractivity contribution is -0.124. The second kappa shape index (κ2) is 8.83. The molecule has 1 fully saturated rings. The van der Waals surface area contributed by atoms with Crippen LogP contribution in [-0.2, 0) is 26.0 Å². The maximum atomic E-state index is 13.0. The molecule has 1 aromatic rings. The van der Waals surface area contributed by atoms with E-state index >= 15 is 0 Å². The number of amides is 2. The summed E-state index contributed by atoms with van der Waals surface area (Å²) in [5.74, 6) is -0.421. The van der Waals surface area contributed by atoms with Gasteiger partial charge in [0.1, 0.15) is 6.04 Å². The van der Waals surface area contributed by atoms with E-state index in [2.05, 4.69) is 10.0 Å². The molecule has 8 heteroatoms. The Morgan fingerprint density at radius 3 is 2.52 bits per heavy atom. The van der Waals surface area contributed by atoms with E-state index in [4.69, 9.17) is 0 Å². The van der Waals surface area contributed by atoms with Crippen LogP contribution < -0.4 is 14.9 Å². The Morgan fingerprint density at radius 2 is 1.90 bits per heavy atom. The molecule has 1 aromatic carbocycles. The van der Waals surface area contributed by atoms with Gasteiger partial charge in [0.2, 0.25) is 21.8 Å². The number of rotatable bonds is 7. The minimum Gasteiger partial charge on any atom is -0.352 e. The second-order valence-electron chi connectivity index (χ2n) is 8.27. The molecular formula is C21H31N3O4S. The summed E-state index contributed by atoms with van der Waals surface area (Å²) >= 11 is 0. The summed E-state index contributed by atoms with van der Waals surface area (Å²) in [6.07, 6.45) is 5.11. The van der Waals surface area contributed by atoms with Crippen LogP contribution in [-0.4, -0.2) is 38.9 Å². The van der Waals surface area contributed by atoms with Gasteiger partial charge in [0.25, 0.3) is 0 Å². The number of sulfonamides is 1. The van der Waals surface area contributed by atoms with Crippen molar-refractivity contribution in [3.8, 4) is 0 Å². The molecule has 3 rings (SSSR count). The molecule has 2 N–H and O–H groups in total. The van der Waals surface area contributed by atoms with Crippen LogP contribution >= 0.6 is 0 Å². The minimum absolute atomic E-state index is 0.0286. The number of anilines is 1. The fourth-order valence-corrected chi connectivity index (χ4v) is 5.48. The number of fused-ring (bicyclic) bond motifs is 1. The zero-order chi connectivity index (χ0) is 21.2. The average Bonchev–Trinajstić information content (AvgIpc) is 3.34. The topological polar surface area (TPSA) is 95.6 Å². The first-order valence-electron chi connectivity index (χ1n) is 10.5. The van der Waals surface area contributed by atoms with Gasteiger partial charge in [0.15, 0.2) is 0 Å². The van der Waals surface area contributed by atoms with Gasteiger partial charge in [0, 0.05) is 24.7 Å². The Balaban J connectivity index is 1.77. The number of nitrogens with zero attached hydrogens (tertiary/aromatic N) is 1. The molecule has 0 bridgehead atoms. The van der Waals surface area contributed by atoms with E-state index < -0.39 is 16.1 Å². The highest BCUT2D eigenvalue weighted by Gasteiger charge is 2.31. The first-order chi connectivity index (χ1) is 13.7. The first-order valence-corrected chi connectivity index (χ1v) is 12.0. The van der Waals surface area contributed by atoms with Crippen molar-refractivity contribution >= 4 is 27.5 Å². The van der Waals surface area contributed by atoms with Crippen LogP contribution in [0.4, 0.5) is 5.69 Å². The molecule has 160 valence electrons. The fraction of sp³-hybridized carbons (Fsp3) is 0.619. The van der Waals surface area contributed by atoms with E-state index in [0.717, 1.165) is 36.9 Å². The van der Waals surface area contributed by atoms with Crippen LogP contribution in [0, 0.1) is 5.92 Å². The first kappa shape index (κ1) is 21.8. The Bertz CT molecular complexity index is 876. The maximum absolute atomic E-state index is 13.0. The van der Waals surface area contributed by atoms with Gasteiger partial charge in [-0.25, -0.2) is 8.42 Å². The number of benzene rings is 1. The molecule has 0 spiro atoms. The molecular weight excluding hydrogens is 390 g/mol. The van der Waals surface area contributed by atoms with E-state index in [1.54, 1.807) is 17.0 Å². The van der Waals surface area contributed by atoms with Crippen LogP contribution in [0.25, 0.3) is 0 Å². The smallest absolute Gasteiger partial charge is 0.241 e. The molecule has 7 nitrogen and oxygen atoms in total. The summed E-state index contributed by atoms with van der Waals surface area (Å²) in [6.45, 7) is 6.04. The van der Waals surface area contributed by atoms with E-state index in [1.165, 1.54) is 6.07 Å². The fourth-order valence-electron chi connectivity index (χ4n) is 4.08. The molecule has 0 radical (unpaired) electrons. The standard InChI is InChI=1S/C21H31N3O4S/c1-4-19(25)24-12-11-15-13-17(9-10-18(15)24)29(27,28)23-20(14(2)3)21(26)22-16-7-5-6-8-16/h9-10,13-14,16,20,23H,4-8,11-12H2,1-3H3,(H,22,26)/t20-/m1/s1. The van der Waals surface area contributed by atoms with Crippen molar-refractivity contribution in [2.75, 3.05) is 11.4 Å². The number of hydrogen-bond donors (Lipinski definition) is 2. The third-order valence-corrected chi connectivity index (χ3v) is 7.23. The summed E-state index contributed by atoms with van der Waals surface area (Å²) in [7, 11) is -3.86. The third kappa shape index (κ3) is 4.80. The lowest BCUT2D eigenvalue weighted by Gasteiger charge is -2.24. The van der Waals surface area contributed by atoms with Gasteiger partial charge in [-0.1, -0.05) is 33.6 Å². The SMILES string of the molecule is CCC(=O)N1CCc2cc(S(=O)(=O)N[C@@H](C(=O)NC3CCCC3)C(C)C)ccc21. The molecule has 1 heterocycles. The molecule has 1 atom stereocenters. The number of nitrogens with one attached hydrogen (secondary N) is 2. The van der Waals surface area contributed by atoms with E-state index in [1.807, 2.05) is 20.8 Å². The van der Waals surface area contributed by atoms with Crippen LogP contribution in [0.5, 0.6) is 0 Å². The van der Waals surface area contributed by atoms with Crippen molar-refractivity contribution in [3.63, 3.8) is 0 Å². The number of carbonyl (C=O) groups excluding carboxylic acids is 2. The summed E-state index contributed by atoms with van der Waals surface area (Å²) in [6, 6.07) is 4.12. The van der Waals surface area contributed by atoms with Crippen LogP contribution in [0.3, 0.4) is 0 Å². The normalized spacial score (nSPS) is 18.1. The Hall–Kier alpha value is -1.93. The average molecular weight is 422 g/mol. The van der Waals surface area contributed by atoms with Crippen molar-refractivity contribution in [2.24, 2.45) is 5.92 Å². The molecule has 2 amide bonds. The quantitative estimate of drug-likeness (QED) is 0.706. The molecule has 1 saturated carbocycles. The molecule has 0 aromatic heterocycles. The van der Waals surface area contributed by atoms with Crippen molar-refractivity contribution in [1.82, 2.24) is 10.0 Å². The van der Waals surface area contributed by atoms with Gasteiger partial charge in [-0.2, -0.15) is 4.72 Å². The third-order valence-electron chi connectivity index (χ3n) is 5.79. The lowest BCUT2D eigenvalue weighted by Crippen LogP contribution is -2.51. The predicted octanol–water partition coefficient (Wildman–Crippen LogP) is 2.35. The summed E-state index contributed by atoms with van der Waals surface area (Å²) in [4.78, 5) is 26.6. The lowest BCUT2D eigenvalue weighted by atomic mass is 10.0. The van der Waals surface area contributed by atoms with E-state index in [9.17, 15) is 18.0 Å². The van der Waals surface area contributed by atoms with E-state index in [0.29, 0.717) is 19.4 Å². The van der Waals surface area contributed by atoms with Crippen LogP contribution in [0.15, 0.2) is 23.1 Å². The highest BCUT2D eigenvalue weighted by Crippen LogP contribution is 2.31. The zero-order valence-corrected chi connectivity index (χ0v) is 18.2. The summed E-state index contributed by atoms with van der Waals surface area (Å²) < 4.78 is 28.6. The van der Waals surface area contributed by atoms with Crippen molar-refractivity contribution in [3.05, 3.63) is 23.8 Å². The van der Waals surface area contributed by atoms with Crippen LogP contribution in [0.2, 0.25) is 0 Å². The predicted molar refractivity (Wildman–Crippen MR) is 112 cm³/mol. The molecule has 0 saturated heterocycles. The Labute approximate surface area is 173 Å². The Morgan fingerprint density at radius 1 is 1.21 bits per heavy atom.